The van der Waals surface area contributed by atoms with Crippen molar-refractivity contribution in [1.29, 1.82) is 0 Å². The molecule has 0 saturated carbocycles. The van der Waals surface area contributed by atoms with Crippen LogP contribution < -0.4 is 15.6 Å². The Morgan fingerprint density at radius 3 is 2.39 bits per heavy atom. The lowest BCUT2D eigenvalue weighted by molar-refractivity contribution is -0.193. The largest absolute Gasteiger partial charge is 0.491 e. The molecule has 1 unspecified atom stereocenters. The molecule has 3 aromatic rings. The number of rotatable bonds is 6. The number of para-hydroxylation sites is 1. The molecular weight excluding hydrogens is 515 g/mol. The lowest BCUT2D eigenvalue weighted by Gasteiger charge is -2.42. The van der Waals surface area contributed by atoms with Gasteiger partial charge in [-0.15, -0.1) is 0 Å². The van der Waals surface area contributed by atoms with Crippen molar-refractivity contribution in [3.8, 4) is 0 Å². The van der Waals surface area contributed by atoms with Gasteiger partial charge in [-0.05, 0) is 44.5 Å². The van der Waals surface area contributed by atoms with Crippen molar-refractivity contribution in [2.45, 2.75) is 38.9 Å². The van der Waals surface area contributed by atoms with E-state index in [1.54, 1.807) is 26.0 Å². The summed E-state index contributed by atoms with van der Waals surface area (Å²) in [6.07, 6.45) is -5.34. The number of nitrogens with one attached hydrogen (secondary N) is 1. The minimum atomic E-state index is -5.34. The molecule has 1 atom stereocenters. The van der Waals surface area contributed by atoms with Crippen LogP contribution in [-0.2, 0) is 9.53 Å². The number of anilines is 2. The van der Waals surface area contributed by atoms with E-state index in [0.717, 1.165) is 6.92 Å². The Balaban J connectivity index is 1.66. The van der Waals surface area contributed by atoms with Crippen LogP contribution in [0.2, 0.25) is 0 Å². The minimum Gasteiger partial charge on any atom is -0.440 e. The summed E-state index contributed by atoms with van der Waals surface area (Å²) in [5.41, 5.74) is 0.759. The highest BCUT2D eigenvalue weighted by molar-refractivity contribution is 6.02. The Morgan fingerprint density at radius 2 is 1.76 bits per heavy atom. The number of halogens is 5. The summed E-state index contributed by atoms with van der Waals surface area (Å²) in [5, 5.41) is 3.24. The van der Waals surface area contributed by atoms with Crippen LogP contribution >= 0.6 is 0 Å². The van der Waals surface area contributed by atoms with Crippen molar-refractivity contribution in [2.24, 2.45) is 5.92 Å². The minimum absolute atomic E-state index is 0.0130. The first kappa shape index (κ1) is 27.1. The van der Waals surface area contributed by atoms with Crippen molar-refractivity contribution < 1.29 is 40.7 Å². The van der Waals surface area contributed by atoms with Crippen molar-refractivity contribution >= 4 is 34.5 Å². The maximum Gasteiger partial charge on any atom is 0.491 e. The summed E-state index contributed by atoms with van der Waals surface area (Å²) >= 11 is 0. The number of hydrogen-bond donors (Lipinski definition) is 1. The number of nitrogens with zero attached hydrogens (tertiary/aromatic N) is 1. The number of alkyl halides is 5. The van der Waals surface area contributed by atoms with Crippen molar-refractivity contribution in [2.75, 3.05) is 23.3 Å². The Bertz CT molecular complexity index is 1460. The van der Waals surface area contributed by atoms with Gasteiger partial charge in [-0.2, -0.15) is 13.2 Å². The van der Waals surface area contributed by atoms with E-state index in [1.807, 2.05) is 0 Å². The van der Waals surface area contributed by atoms with Gasteiger partial charge in [0.05, 0.1) is 22.9 Å². The van der Waals surface area contributed by atoms with Crippen LogP contribution in [0.15, 0.2) is 51.7 Å². The van der Waals surface area contributed by atoms with Crippen LogP contribution in [0.4, 0.5) is 33.5 Å². The average molecular weight is 538 g/mol. The zero-order valence-corrected chi connectivity index (χ0v) is 20.5. The second-order valence-electron chi connectivity index (χ2n) is 9.32. The molecule has 4 rings (SSSR count). The second-order valence-corrected chi connectivity index (χ2v) is 9.32. The standard InChI is InChI=1S/C26H23F5N2O5/c1-13-8-17(14(2)32-19-7-5-4-6-16(19)23(35)38-24(36)26(29,30)31)22-18(9-13)20(34)10-21(37-22)33-11-15(12-33)25(3,27)28/h4-10,14-15,32H,11-12H2,1-3H3. The molecule has 1 fully saturated rings. The fourth-order valence-electron chi connectivity index (χ4n) is 4.17. The Labute approximate surface area is 213 Å². The average Bonchev–Trinajstić information content (AvgIpc) is 2.76. The van der Waals surface area contributed by atoms with Crippen LogP contribution in [0.3, 0.4) is 0 Å². The molecular formula is C26H23F5N2O5. The molecule has 0 amide bonds. The van der Waals surface area contributed by atoms with Gasteiger partial charge in [-0.1, -0.05) is 18.2 Å². The maximum absolute atomic E-state index is 13.6. The van der Waals surface area contributed by atoms with E-state index < -0.39 is 36.0 Å². The first-order chi connectivity index (χ1) is 17.6. The van der Waals surface area contributed by atoms with Gasteiger partial charge >= 0.3 is 18.1 Å². The highest BCUT2D eigenvalue weighted by Gasteiger charge is 2.44. The summed E-state index contributed by atoms with van der Waals surface area (Å²) in [6.45, 7) is 4.28. The zero-order chi connectivity index (χ0) is 28.0. The summed E-state index contributed by atoms with van der Waals surface area (Å²) in [4.78, 5) is 37.9. The molecule has 0 radical (unpaired) electrons. The molecule has 12 heteroatoms. The molecule has 2 heterocycles. The molecule has 1 aliphatic rings. The lowest BCUT2D eigenvalue weighted by atomic mass is 9.94. The Hall–Kier alpha value is -3.96. The van der Waals surface area contributed by atoms with Gasteiger partial charge in [0, 0.05) is 30.4 Å². The molecule has 1 aromatic heterocycles. The molecule has 1 aliphatic heterocycles. The fourth-order valence-corrected chi connectivity index (χ4v) is 4.17. The number of aryl methyl sites for hydroxylation is 1. The summed E-state index contributed by atoms with van der Waals surface area (Å²) < 4.78 is 74.8. The topological polar surface area (TPSA) is 88.8 Å². The summed E-state index contributed by atoms with van der Waals surface area (Å²) in [6, 6.07) is 9.44. The highest BCUT2D eigenvalue weighted by atomic mass is 19.4. The third kappa shape index (κ3) is 5.48. The van der Waals surface area contributed by atoms with Crippen LogP contribution in [0.1, 0.15) is 41.4 Å². The van der Waals surface area contributed by atoms with Gasteiger partial charge < -0.3 is 19.4 Å². The van der Waals surface area contributed by atoms with E-state index in [-0.39, 0.29) is 46.6 Å². The fraction of sp³-hybridized carbons (Fsp3) is 0.346. The predicted octanol–water partition coefficient (Wildman–Crippen LogP) is 5.61. The molecule has 202 valence electrons. The van der Waals surface area contributed by atoms with Crippen LogP contribution in [0, 0.1) is 12.8 Å². The van der Waals surface area contributed by atoms with Crippen LogP contribution in [0.5, 0.6) is 0 Å². The molecule has 38 heavy (non-hydrogen) atoms. The number of hydrogen-bond acceptors (Lipinski definition) is 7. The quantitative estimate of drug-likeness (QED) is 0.248. The first-order valence-corrected chi connectivity index (χ1v) is 11.5. The second kappa shape index (κ2) is 9.73. The van der Waals surface area contributed by atoms with E-state index in [2.05, 4.69) is 10.1 Å². The molecule has 1 saturated heterocycles. The molecule has 1 N–H and O–H groups in total. The van der Waals surface area contributed by atoms with E-state index in [1.165, 1.54) is 35.2 Å². The predicted molar refractivity (Wildman–Crippen MR) is 129 cm³/mol. The Morgan fingerprint density at radius 1 is 1.11 bits per heavy atom. The first-order valence-electron chi connectivity index (χ1n) is 11.5. The van der Waals surface area contributed by atoms with Crippen molar-refractivity contribution in [1.82, 2.24) is 0 Å². The third-order valence-corrected chi connectivity index (χ3v) is 6.30. The number of ether oxygens (including phenoxy) is 1. The SMILES string of the molecule is Cc1cc(C(C)Nc2ccccc2C(=O)OC(=O)C(F)(F)F)c2oc(N3CC(C(C)(F)F)C3)cc(=O)c2c1. The number of benzene rings is 2. The third-order valence-electron chi connectivity index (χ3n) is 6.30. The molecule has 7 nitrogen and oxygen atoms in total. The molecule has 0 aliphatic carbocycles. The maximum atomic E-state index is 13.6. The molecule has 0 bridgehead atoms. The molecule has 2 aromatic carbocycles. The van der Waals surface area contributed by atoms with Gasteiger partial charge in [0.15, 0.2) is 11.3 Å². The number of carbonyl (C=O) groups is 2. The number of fused-ring (bicyclic) bond motifs is 1. The van der Waals surface area contributed by atoms with E-state index in [4.69, 9.17) is 4.42 Å². The summed E-state index contributed by atoms with van der Waals surface area (Å²) in [5.74, 6) is -7.74. The van der Waals surface area contributed by atoms with Crippen LogP contribution in [-0.4, -0.2) is 37.1 Å². The van der Waals surface area contributed by atoms with E-state index >= 15 is 0 Å². The van der Waals surface area contributed by atoms with E-state index in [9.17, 15) is 36.3 Å². The Kier molecular flexibility index (Phi) is 6.94. The molecule has 0 spiro atoms. The van der Waals surface area contributed by atoms with Gasteiger partial charge in [0.2, 0.25) is 0 Å². The van der Waals surface area contributed by atoms with Gasteiger partial charge in [-0.3, -0.25) is 4.79 Å². The zero-order valence-electron chi connectivity index (χ0n) is 20.5. The summed E-state index contributed by atoms with van der Waals surface area (Å²) in [7, 11) is 0. The van der Waals surface area contributed by atoms with Gasteiger partial charge in [0.25, 0.3) is 5.92 Å². The normalized spacial score (nSPS) is 15.2. The van der Waals surface area contributed by atoms with Gasteiger partial charge in [-0.25, -0.2) is 18.4 Å². The van der Waals surface area contributed by atoms with Crippen molar-refractivity contribution in [3.05, 3.63) is 69.4 Å². The van der Waals surface area contributed by atoms with Crippen molar-refractivity contribution in [3.63, 3.8) is 0 Å². The van der Waals surface area contributed by atoms with Crippen LogP contribution in [0.25, 0.3) is 11.0 Å². The lowest BCUT2D eigenvalue weighted by Crippen LogP contribution is -2.54. The monoisotopic (exact) mass is 538 g/mol. The number of carbonyl (C=O) groups excluding carboxylic acids is 2. The van der Waals surface area contributed by atoms with E-state index in [0.29, 0.717) is 11.1 Å². The van der Waals surface area contributed by atoms with Gasteiger partial charge in [0.1, 0.15) is 5.58 Å². The number of esters is 2. The smallest absolute Gasteiger partial charge is 0.440 e. The highest BCUT2D eigenvalue weighted by Crippen LogP contribution is 2.37.